The summed E-state index contributed by atoms with van der Waals surface area (Å²) in [6.45, 7) is 6.09. The zero-order valence-corrected chi connectivity index (χ0v) is 18.4. The first-order valence-electron chi connectivity index (χ1n) is 10.3. The standard InChI is InChI=1S/C21H25N7OSi/c1-13-8-19-15(10-22-12-24-19)9-18(13)25-21-23-11-17-14(2)27-28(20(17)26-21)16-4-6-30(3,29)7-5-16/h8-12,16,29H,4-7H2,1-3H3,(H,23,25,26). The number of nitrogens with one attached hydrogen (secondary N) is 1. The van der Waals surface area contributed by atoms with E-state index in [0.717, 1.165) is 63.8 Å². The fraction of sp³-hybridized carbons (Fsp3) is 0.381. The molecule has 0 spiro atoms. The summed E-state index contributed by atoms with van der Waals surface area (Å²) in [5.74, 6) is 0.542. The van der Waals surface area contributed by atoms with Crippen LogP contribution < -0.4 is 5.32 Å². The first kappa shape index (κ1) is 19.1. The maximum absolute atomic E-state index is 10.4. The lowest BCUT2D eigenvalue weighted by molar-refractivity contribution is 0.388. The summed E-state index contributed by atoms with van der Waals surface area (Å²) in [4.78, 5) is 28.2. The fourth-order valence-electron chi connectivity index (χ4n) is 4.24. The average Bonchev–Trinajstić information content (AvgIpc) is 3.04. The average molecular weight is 420 g/mol. The van der Waals surface area contributed by atoms with Crippen molar-refractivity contribution in [1.82, 2.24) is 29.7 Å². The van der Waals surface area contributed by atoms with Gasteiger partial charge in [-0.05, 0) is 63.0 Å². The van der Waals surface area contributed by atoms with Crippen LogP contribution in [-0.4, -0.2) is 42.8 Å². The minimum Gasteiger partial charge on any atom is -0.432 e. The molecule has 0 amide bonds. The van der Waals surface area contributed by atoms with Gasteiger partial charge in [-0.25, -0.2) is 19.6 Å². The Morgan fingerprint density at radius 1 is 1.13 bits per heavy atom. The second kappa shape index (κ2) is 7.10. The number of hydrogen-bond acceptors (Lipinski definition) is 7. The summed E-state index contributed by atoms with van der Waals surface area (Å²) in [5.41, 5.74) is 4.69. The number of rotatable bonds is 3. The number of benzene rings is 1. The molecule has 154 valence electrons. The Morgan fingerprint density at radius 2 is 1.93 bits per heavy atom. The van der Waals surface area contributed by atoms with Crippen molar-refractivity contribution in [3.63, 3.8) is 0 Å². The topological polar surface area (TPSA) is 102 Å². The van der Waals surface area contributed by atoms with Gasteiger partial charge in [-0.2, -0.15) is 10.1 Å². The van der Waals surface area contributed by atoms with Gasteiger partial charge in [-0.15, -0.1) is 0 Å². The molecule has 2 N–H and O–H groups in total. The number of aromatic nitrogens is 6. The first-order valence-corrected chi connectivity index (χ1v) is 13.2. The van der Waals surface area contributed by atoms with Crippen LogP contribution in [0, 0.1) is 13.8 Å². The van der Waals surface area contributed by atoms with Gasteiger partial charge in [0.05, 0.1) is 22.6 Å². The lowest BCUT2D eigenvalue weighted by atomic mass is 10.1. The first-order chi connectivity index (χ1) is 14.4. The van der Waals surface area contributed by atoms with Gasteiger partial charge >= 0.3 is 0 Å². The molecule has 0 atom stereocenters. The molecule has 0 bridgehead atoms. The van der Waals surface area contributed by atoms with Gasteiger partial charge in [-0.3, -0.25) is 0 Å². The van der Waals surface area contributed by atoms with Crippen molar-refractivity contribution in [2.45, 2.75) is 51.4 Å². The SMILES string of the molecule is Cc1cc2ncncc2cc1Nc1ncc2c(C)nn(C3CC[Si](C)(O)CC3)c2n1. The molecule has 0 aliphatic carbocycles. The van der Waals surface area contributed by atoms with E-state index in [4.69, 9.17) is 10.1 Å². The number of nitrogens with zero attached hydrogens (tertiary/aromatic N) is 6. The maximum atomic E-state index is 10.4. The van der Waals surface area contributed by atoms with Crippen molar-refractivity contribution in [3.05, 3.63) is 42.1 Å². The summed E-state index contributed by atoms with van der Waals surface area (Å²) in [6, 6.07) is 6.15. The van der Waals surface area contributed by atoms with Crippen LogP contribution in [0.1, 0.15) is 30.1 Å². The Bertz CT molecular complexity index is 1240. The lowest BCUT2D eigenvalue weighted by Gasteiger charge is -2.31. The second-order valence-corrected chi connectivity index (χ2v) is 12.6. The van der Waals surface area contributed by atoms with Gasteiger partial charge < -0.3 is 10.1 Å². The molecular weight excluding hydrogens is 394 g/mol. The van der Waals surface area contributed by atoms with Crippen LogP contribution in [0.5, 0.6) is 0 Å². The Kier molecular flexibility index (Phi) is 4.51. The van der Waals surface area contributed by atoms with Crippen molar-refractivity contribution in [1.29, 1.82) is 0 Å². The summed E-state index contributed by atoms with van der Waals surface area (Å²) >= 11 is 0. The minimum atomic E-state index is -2.01. The highest BCUT2D eigenvalue weighted by Gasteiger charge is 2.33. The highest BCUT2D eigenvalue weighted by Crippen LogP contribution is 2.35. The predicted molar refractivity (Wildman–Crippen MR) is 119 cm³/mol. The zero-order valence-electron chi connectivity index (χ0n) is 17.4. The molecule has 1 aliphatic rings. The van der Waals surface area contributed by atoms with Crippen molar-refractivity contribution >= 4 is 41.9 Å². The molecule has 3 aromatic heterocycles. The number of fused-ring (bicyclic) bond motifs is 2. The van der Waals surface area contributed by atoms with E-state index in [1.54, 1.807) is 12.5 Å². The molecule has 5 rings (SSSR count). The Morgan fingerprint density at radius 3 is 2.73 bits per heavy atom. The monoisotopic (exact) mass is 419 g/mol. The Labute approximate surface area is 175 Å². The third kappa shape index (κ3) is 3.44. The minimum absolute atomic E-state index is 0.274. The summed E-state index contributed by atoms with van der Waals surface area (Å²) in [5, 5.41) is 10.1. The molecule has 1 aromatic carbocycles. The van der Waals surface area contributed by atoms with E-state index in [1.807, 2.05) is 36.9 Å². The van der Waals surface area contributed by atoms with Crippen LogP contribution in [0.3, 0.4) is 0 Å². The van der Waals surface area contributed by atoms with E-state index in [1.165, 1.54) is 0 Å². The molecule has 1 aliphatic heterocycles. The van der Waals surface area contributed by atoms with Gasteiger partial charge in [-0.1, -0.05) is 0 Å². The van der Waals surface area contributed by atoms with Crippen LogP contribution in [0.15, 0.2) is 30.9 Å². The van der Waals surface area contributed by atoms with Crippen LogP contribution >= 0.6 is 0 Å². The van der Waals surface area contributed by atoms with E-state index >= 15 is 0 Å². The van der Waals surface area contributed by atoms with Crippen LogP contribution in [-0.2, 0) is 0 Å². The molecule has 30 heavy (non-hydrogen) atoms. The largest absolute Gasteiger partial charge is 0.432 e. The normalized spacial score (nSPS) is 21.9. The van der Waals surface area contributed by atoms with E-state index in [-0.39, 0.29) is 6.04 Å². The molecule has 9 heteroatoms. The molecule has 0 radical (unpaired) electrons. The quantitative estimate of drug-likeness (QED) is 0.483. The molecule has 0 saturated carbocycles. The molecule has 1 saturated heterocycles. The molecule has 0 unspecified atom stereocenters. The summed E-state index contributed by atoms with van der Waals surface area (Å²) < 4.78 is 2.04. The molecular formula is C21H25N7OSi. The number of aryl methyl sites for hydroxylation is 2. The van der Waals surface area contributed by atoms with E-state index < -0.39 is 8.32 Å². The maximum Gasteiger partial charge on any atom is 0.229 e. The van der Waals surface area contributed by atoms with Gasteiger partial charge in [0, 0.05) is 23.5 Å². The smallest absolute Gasteiger partial charge is 0.229 e. The summed E-state index contributed by atoms with van der Waals surface area (Å²) in [6.07, 6.45) is 7.11. The van der Waals surface area contributed by atoms with Crippen molar-refractivity contribution < 1.29 is 4.80 Å². The van der Waals surface area contributed by atoms with Gasteiger partial charge in [0.1, 0.15) is 6.33 Å². The van der Waals surface area contributed by atoms with E-state index in [0.29, 0.717) is 5.95 Å². The fourth-order valence-corrected chi connectivity index (χ4v) is 6.40. The van der Waals surface area contributed by atoms with Gasteiger partial charge in [0.2, 0.25) is 5.95 Å². The van der Waals surface area contributed by atoms with Gasteiger partial charge in [0.25, 0.3) is 0 Å². The van der Waals surface area contributed by atoms with Crippen molar-refractivity contribution in [2.24, 2.45) is 0 Å². The third-order valence-electron chi connectivity index (χ3n) is 6.11. The predicted octanol–water partition coefficient (Wildman–Crippen LogP) is 4.03. The molecule has 4 aromatic rings. The Balaban J connectivity index is 1.50. The van der Waals surface area contributed by atoms with Crippen molar-refractivity contribution in [3.8, 4) is 0 Å². The Hall–Kier alpha value is -2.91. The van der Waals surface area contributed by atoms with E-state index in [2.05, 4.69) is 26.8 Å². The highest BCUT2D eigenvalue weighted by molar-refractivity contribution is 6.71. The second-order valence-electron chi connectivity index (χ2n) is 8.56. The van der Waals surface area contributed by atoms with Crippen LogP contribution in [0.25, 0.3) is 21.9 Å². The number of hydrogen-bond donors (Lipinski definition) is 2. The molecule has 4 heterocycles. The lowest BCUT2D eigenvalue weighted by Crippen LogP contribution is -2.35. The third-order valence-corrected chi connectivity index (χ3v) is 8.84. The summed E-state index contributed by atoms with van der Waals surface area (Å²) in [7, 11) is -2.01. The van der Waals surface area contributed by atoms with E-state index in [9.17, 15) is 4.80 Å². The van der Waals surface area contributed by atoms with Crippen molar-refractivity contribution in [2.75, 3.05) is 5.32 Å². The van der Waals surface area contributed by atoms with Gasteiger partial charge in [0.15, 0.2) is 14.0 Å². The molecule has 1 fully saturated rings. The van der Waals surface area contributed by atoms with Crippen LogP contribution in [0.4, 0.5) is 11.6 Å². The zero-order chi connectivity index (χ0) is 20.9. The highest BCUT2D eigenvalue weighted by atomic mass is 28.4. The number of anilines is 2. The molecule has 8 nitrogen and oxygen atoms in total. The van der Waals surface area contributed by atoms with Crippen LogP contribution in [0.2, 0.25) is 18.6 Å².